The Hall–Kier alpha value is -1.84. The summed E-state index contributed by atoms with van der Waals surface area (Å²) in [5.41, 5.74) is 1.46. The molecule has 0 bridgehead atoms. The van der Waals surface area contributed by atoms with E-state index in [0.29, 0.717) is 6.42 Å². The van der Waals surface area contributed by atoms with Crippen LogP contribution in [0.4, 0.5) is 5.69 Å². The highest BCUT2D eigenvalue weighted by molar-refractivity contribution is 5.90. The zero-order valence-electron chi connectivity index (χ0n) is 12.7. The standard InChI is InChI=1S/C17H25NO3/c1-2-3-4-5-6-7-8-16(19)18-15-11-9-14(10-12-15)13-17(20)21/h9-12H,2-8,13H2,1H3,(H,18,19)(H,20,21). The number of unbranched alkanes of at least 4 members (excludes halogenated alkanes) is 5. The van der Waals surface area contributed by atoms with E-state index in [1.807, 2.05) is 0 Å². The molecular formula is C17H25NO3. The Labute approximate surface area is 126 Å². The highest BCUT2D eigenvalue weighted by Crippen LogP contribution is 2.12. The molecule has 1 rings (SSSR count). The van der Waals surface area contributed by atoms with E-state index < -0.39 is 5.97 Å². The maximum absolute atomic E-state index is 11.8. The van der Waals surface area contributed by atoms with Crippen molar-refractivity contribution in [3.8, 4) is 0 Å². The van der Waals surface area contributed by atoms with Gasteiger partial charge in [-0.25, -0.2) is 0 Å². The van der Waals surface area contributed by atoms with Crippen LogP contribution in [0, 0.1) is 0 Å². The second kappa shape index (κ2) is 9.97. The second-order valence-corrected chi connectivity index (χ2v) is 5.33. The van der Waals surface area contributed by atoms with Gasteiger partial charge in [0.05, 0.1) is 6.42 Å². The van der Waals surface area contributed by atoms with E-state index in [9.17, 15) is 9.59 Å². The fraction of sp³-hybridized carbons (Fsp3) is 0.529. The Morgan fingerprint density at radius 2 is 1.62 bits per heavy atom. The summed E-state index contributed by atoms with van der Waals surface area (Å²) < 4.78 is 0. The quantitative estimate of drug-likeness (QED) is 0.640. The van der Waals surface area contributed by atoms with Crippen LogP contribution in [0.25, 0.3) is 0 Å². The Kier molecular flexibility index (Phi) is 8.17. The average Bonchev–Trinajstić information content (AvgIpc) is 2.44. The molecular weight excluding hydrogens is 266 g/mol. The lowest BCUT2D eigenvalue weighted by Gasteiger charge is -2.06. The molecule has 116 valence electrons. The molecule has 0 aromatic heterocycles. The van der Waals surface area contributed by atoms with Crippen LogP contribution in [0.5, 0.6) is 0 Å². The van der Waals surface area contributed by atoms with Crippen molar-refractivity contribution in [1.82, 2.24) is 0 Å². The van der Waals surface area contributed by atoms with Gasteiger partial charge in [-0.05, 0) is 24.1 Å². The molecule has 0 aliphatic carbocycles. The minimum absolute atomic E-state index is 0.00594. The maximum atomic E-state index is 11.8. The molecule has 0 atom stereocenters. The van der Waals surface area contributed by atoms with Gasteiger partial charge in [0.15, 0.2) is 0 Å². The summed E-state index contributed by atoms with van der Waals surface area (Å²) in [4.78, 5) is 22.3. The number of aliphatic carboxylic acids is 1. The van der Waals surface area contributed by atoms with Gasteiger partial charge in [0.1, 0.15) is 0 Å². The largest absolute Gasteiger partial charge is 0.481 e. The molecule has 1 amide bonds. The number of carboxylic acid groups (broad SMARTS) is 1. The number of rotatable bonds is 10. The van der Waals surface area contributed by atoms with Crippen LogP contribution in [-0.2, 0) is 16.0 Å². The van der Waals surface area contributed by atoms with Gasteiger partial charge in [-0.3, -0.25) is 9.59 Å². The number of nitrogens with one attached hydrogen (secondary N) is 1. The smallest absolute Gasteiger partial charge is 0.307 e. The summed E-state index contributed by atoms with van der Waals surface area (Å²) in [7, 11) is 0. The fourth-order valence-electron chi connectivity index (χ4n) is 2.17. The van der Waals surface area contributed by atoms with Crippen molar-refractivity contribution in [2.24, 2.45) is 0 Å². The number of carbonyl (C=O) groups is 2. The van der Waals surface area contributed by atoms with Crippen molar-refractivity contribution in [1.29, 1.82) is 0 Å². The van der Waals surface area contributed by atoms with Gasteiger partial charge in [-0.1, -0.05) is 51.2 Å². The lowest BCUT2D eigenvalue weighted by molar-refractivity contribution is -0.136. The Balaban J connectivity index is 2.23. The van der Waals surface area contributed by atoms with E-state index in [-0.39, 0.29) is 12.3 Å². The Morgan fingerprint density at radius 3 is 2.24 bits per heavy atom. The summed E-state index contributed by atoms with van der Waals surface area (Å²) in [5, 5.41) is 11.5. The minimum atomic E-state index is -0.852. The highest BCUT2D eigenvalue weighted by atomic mass is 16.4. The zero-order valence-corrected chi connectivity index (χ0v) is 12.7. The van der Waals surface area contributed by atoms with E-state index >= 15 is 0 Å². The first-order chi connectivity index (χ1) is 10.1. The van der Waals surface area contributed by atoms with Crippen molar-refractivity contribution in [2.75, 3.05) is 5.32 Å². The summed E-state index contributed by atoms with van der Waals surface area (Å²) in [6.07, 6.45) is 7.54. The lowest BCUT2D eigenvalue weighted by atomic mass is 10.1. The van der Waals surface area contributed by atoms with Crippen LogP contribution < -0.4 is 5.32 Å². The topological polar surface area (TPSA) is 66.4 Å². The molecule has 0 fully saturated rings. The van der Waals surface area contributed by atoms with Crippen molar-refractivity contribution >= 4 is 17.6 Å². The SMILES string of the molecule is CCCCCCCCC(=O)Nc1ccc(CC(=O)O)cc1. The van der Waals surface area contributed by atoms with Crippen LogP contribution >= 0.6 is 0 Å². The molecule has 2 N–H and O–H groups in total. The van der Waals surface area contributed by atoms with E-state index in [2.05, 4.69) is 12.2 Å². The van der Waals surface area contributed by atoms with Gasteiger partial charge < -0.3 is 10.4 Å². The third-order valence-corrected chi connectivity index (χ3v) is 3.35. The number of anilines is 1. The first kappa shape index (κ1) is 17.2. The molecule has 0 unspecified atom stereocenters. The number of carbonyl (C=O) groups excluding carboxylic acids is 1. The predicted molar refractivity (Wildman–Crippen MR) is 84.4 cm³/mol. The van der Waals surface area contributed by atoms with Crippen molar-refractivity contribution in [2.45, 2.75) is 58.3 Å². The summed E-state index contributed by atoms with van der Waals surface area (Å²) in [6, 6.07) is 6.96. The number of hydrogen-bond donors (Lipinski definition) is 2. The molecule has 0 aliphatic heterocycles. The third-order valence-electron chi connectivity index (χ3n) is 3.35. The molecule has 0 saturated carbocycles. The monoisotopic (exact) mass is 291 g/mol. The van der Waals surface area contributed by atoms with Gasteiger partial charge in [-0.2, -0.15) is 0 Å². The number of hydrogen-bond acceptors (Lipinski definition) is 2. The van der Waals surface area contributed by atoms with E-state index in [1.54, 1.807) is 24.3 Å². The molecule has 0 radical (unpaired) electrons. The van der Waals surface area contributed by atoms with Gasteiger partial charge >= 0.3 is 5.97 Å². The van der Waals surface area contributed by atoms with Crippen LogP contribution in [0.3, 0.4) is 0 Å². The first-order valence-electron chi connectivity index (χ1n) is 7.72. The van der Waals surface area contributed by atoms with Crippen LogP contribution in [-0.4, -0.2) is 17.0 Å². The molecule has 1 aromatic carbocycles. The molecule has 0 spiro atoms. The number of amides is 1. The van der Waals surface area contributed by atoms with Gasteiger partial charge in [0.25, 0.3) is 0 Å². The summed E-state index contributed by atoms with van der Waals surface area (Å²) >= 11 is 0. The average molecular weight is 291 g/mol. The van der Waals surface area contributed by atoms with Crippen molar-refractivity contribution < 1.29 is 14.7 Å². The predicted octanol–water partition coefficient (Wildman–Crippen LogP) is 4.00. The van der Waals surface area contributed by atoms with Gasteiger partial charge in [-0.15, -0.1) is 0 Å². The number of benzene rings is 1. The lowest BCUT2D eigenvalue weighted by Crippen LogP contribution is -2.11. The molecule has 1 aromatic rings. The number of carboxylic acids is 1. The maximum Gasteiger partial charge on any atom is 0.307 e. The Morgan fingerprint density at radius 1 is 1.00 bits per heavy atom. The second-order valence-electron chi connectivity index (χ2n) is 5.33. The summed E-state index contributed by atoms with van der Waals surface area (Å²) in [6.45, 7) is 2.19. The van der Waals surface area contributed by atoms with E-state index in [4.69, 9.17) is 5.11 Å². The van der Waals surface area contributed by atoms with Crippen LogP contribution in [0.1, 0.15) is 57.4 Å². The zero-order chi connectivity index (χ0) is 15.5. The minimum Gasteiger partial charge on any atom is -0.481 e. The molecule has 0 heterocycles. The Bertz CT molecular complexity index is 440. The van der Waals surface area contributed by atoms with Crippen LogP contribution in [0.2, 0.25) is 0 Å². The first-order valence-corrected chi connectivity index (χ1v) is 7.72. The fourth-order valence-corrected chi connectivity index (χ4v) is 2.17. The summed E-state index contributed by atoms with van der Waals surface area (Å²) in [5.74, 6) is -0.827. The van der Waals surface area contributed by atoms with Gasteiger partial charge in [0, 0.05) is 12.1 Å². The molecule has 0 saturated heterocycles. The molecule has 4 nitrogen and oxygen atoms in total. The molecule has 21 heavy (non-hydrogen) atoms. The van der Waals surface area contributed by atoms with E-state index in [1.165, 1.54) is 25.7 Å². The molecule has 4 heteroatoms. The van der Waals surface area contributed by atoms with E-state index in [0.717, 1.165) is 24.1 Å². The highest BCUT2D eigenvalue weighted by Gasteiger charge is 2.04. The normalized spacial score (nSPS) is 10.3. The van der Waals surface area contributed by atoms with Crippen molar-refractivity contribution in [3.63, 3.8) is 0 Å². The van der Waals surface area contributed by atoms with Crippen LogP contribution in [0.15, 0.2) is 24.3 Å². The molecule has 0 aliphatic rings. The van der Waals surface area contributed by atoms with Gasteiger partial charge in [0.2, 0.25) is 5.91 Å². The van der Waals surface area contributed by atoms with Crippen molar-refractivity contribution in [3.05, 3.63) is 29.8 Å². The third kappa shape index (κ3) is 8.12.